The molecule has 0 amide bonds. The zero-order valence-corrected chi connectivity index (χ0v) is 33.6. The number of rotatable bonds is 8. The average Bonchev–Trinajstić information content (AvgIpc) is 3.36. The SMILES string of the molecule is N#Cc1cccc(-c2ccc(-c3nc(-c4ccc(-c5cccc(C#N)c5)cc4)c4cc(-c5cccc(-c6ccccc6)c5)cc(-c5cccc(-c6ccccc6)c5)c4n3)cc2)c1. The van der Waals surface area contributed by atoms with Gasteiger partial charge in [0.15, 0.2) is 5.82 Å². The zero-order chi connectivity index (χ0) is 41.8. The maximum atomic E-state index is 9.60. The first-order chi connectivity index (χ1) is 30.6. The van der Waals surface area contributed by atoms with Gasteiger partial charge in [0, 0.05) is 22.1 Å². The van der Waals surface area contributed by atoms with Crippen LogP contribution in [-0.2, 0) is 0 Å². The Bertz CT molecular complexity index is 3340. The van der Waals surface area contributed by atoms with E-state index in [1.54, 1.807) is 0 Å². The molecule has 0 fully saturated rings. The summed E-state index contributed by atoms with van der Waals surface area (Å²) in [6, 6.07) is 79.4. The third-order valence-corrected chi connectivity index (χ3v) is 11.3. The Balaban J connectivity index is 1.21. The fourth-order valence-electron chi connectivity index (χ4n) is 8.14. The summed E-state index contributed by atoms with van der Waals surface area (Å²) in [5.74, 6) is 0.606. The fraction of sp³-hybridized carbons (Fsp3) is 0. The average molecular weight is 789 g/mol. The molecule has 0 bridgehead atoms. The molecule has 0 spiro atoms. The predicted octanol–water partition coefficient (Wildman–Crippen LogP) is 14.7. The molecular formula is C58H36N4. The van der Waals surface area contributed by atoms with E-state index >= 15 is 0 Å². The van der Waals surface area contributed by atoms with E-state index in [1.165, 1.54) is 0 Å². The van der Waals surface area contributed by atoms with Gasteiger partial charge in [-0.15, -0.1) is 0 Å². The third-order valence-electron chi connectivity index (χ3n) is 11.3. The highest BCUT2D eigenvalue weighted by Crippen LogP contribution is 2.41. The Morgan fingerprint density at radius 2 is 0.694 bits per heavy atom. The highest BCUT2D eigenvalue weighted by Gasteiger charge is 2.19. The van der Waals surface area contributed by atoms with Crippen LogP contribution < -0.4 is 0 Å². The van der Waals surface area contributed by atoms with Gasteiger partial charge >= 0.3 is 0 Å². The molecule has 10 aromatic rings. The molecule has 1 heterocycles. The van der Waals surface area contributed by atoms with Crippen LogP contribution in [0.1, 0.15) is 11.1 Å². The molecule has 0 saturated heterocycles. The van der Waals surface area contributed by atoms with Crippen LogP contribution in [0.15, 0.2) is 218 Å². The summed E-state index contributed by atoms with van der Waals surface area (Å²) in [6.45, 7) is 0. The number of hydrogen-bond acceptors (Lipinski definition) is 4. The Labute approximate surface area is 361 Å². The first-order valence-electron chi connectivity index (χ1n) is 20.5. The van der Waals surface area contributed by atoms with Crippen LogP contribution in [0.25, 0.3) is 100 Å². The monoisotopic (exact) mass is 788 g/mol. The highest BCUT2D eigenvalue weighted by molar-refractivity contribution is 6.05. The molecule has 9 aromatic carbocycles. The molecule has 0 unspecified atom stereocenters. The van der Waals surface area contributed by atoms with Gasteiger partial charge in [0.25, 0.3) is 0 Å². The molecular weight excluding hydrogens is 753 g/mol. The second kappa shape index (κ2) is 16.5. The summed E-state index contributed by atoms with van der Waals surface area (Å²) in [4.78, 5) is 10.8. The summed E-state index contributed by atoms with van der Waals surface area (Å²) in [5, 5.41) is 20.1. The van der Waals surface area contributed by atoms with Crippen LogP contribution in [0.2, 0.25) is 0 Å². The van der Waals surface area contributed by atoms with E-state index in [0.29, 0.717) is 17.0 Å². The lowest BCUT2D eigenvalue weighted by Gasteiger charge is -2.17. The van der Waals surface area contributed by atoms with E-state index in [1.807, 2.05) is 60.7 Å². The normalized spacial score (nSPS) is 10.9. The van der Waals surface area contributed by atoms with Crippen LogP contribution in [0, 0.1) is 22.7 Å². The Morgan fingerprint density at radius 3 is 1.23 bits per heavy atom. The second-order valence-electron chi connectivity index (χ2n) is 15.2. The van der Waals surface area contributed by atoms with Crippen molar-refractivity contribution in [3.05, 3.63) is 230 Å². The number of nitrogens with zero attached hydrogens (tertiary/aromatic N) is 4. The molecule has 62 heavy (non-hydrogen) atoms. The number of hydrogen-bond donors (Lipinski definition) is 0. The maximum Gasteiger partial charge on any atom is 0.160 e. The van der Waals surface area contributed by atoms with Crippen molar-refractivity contribution in [1.82, 2.24) is 9.97 Å². The van der Waals surface area contributed by atoms with Gasteiger partial charge in [-0.3, -0.25) is 0 Å². The van der Waals surface area contributed by atoms with Crippen molar-refractivity contribution in [1.29, 1.82) is 10.5 Å². The summed E-state index contributed by atoms with van der Waals surface area (Å²) >= 11 is 0. The van der Waals surface area contributed by atoms with E-state index in [4.69, 9.17) is 9.97 Å². The Morgan fingerprint density at radius 1 is 0.290 bits per heavy atom. The summed E-state index contributed by atoms with van der Waals surface area (Å²) in [6.07, 6.45) is 0. The molecule has 0 aliphatic rings. The van der Waals surface area contributed by atoms with Crippen LogP contribution in [0.4, 0.5) is 0 Å². The molecule has 0 radical (unpaired) electrons. The predicted molar refractivity (Wildman–Crippen MR) is 252 cm³/mol. The van der Waals surface area contributed by atoms with Gasteiger partial charge in [-0.05, 0) is 110 Å². The zero-order valence-electron chi connectivity index (χ0n) is 33.6. The minimum Gasteiger partial charge on any atom is -0.227 e. The van der Waals surface area contributed by atoms with Crippen LogP contribution in [0.5, 0.6) is 0 Å². The van der Waals surface area contributed by atoms with Crippen molar-refractivity contribution in [2.45, 2.75) is 0 Å². The Hall–Kier alpha value is -8.70. The van der Waals surface area contributed by atoms with E-state index in [0.717, 1.165) is 94.5 Å². The molecule has 0 atom stereocenters. The minimum atomic E-state index is 0.606. The van der Waals surface area contributed by atoms with Crippen LogP contribution in [-0.4, -0.2) is 9.97 Å². The van der Waals surface area contributed by atoms with Gasteiger partial charge in [0.2, 0.25) is 0 Å². The van der Waals surface area contributed by atoms with E-state index in [-0.39, 0.29) is 0 Å². The largest absolute Gasteiger partial charge is 0.227 e. The van der Waals surface area contributed by atoms with E-state index in [9.17, 15) is 10.5 Å². The lowest BCUT2D eigenvalue weighted by molar-refractivity contribution is 1.23. The number of fused-ring (bicyclic) bond motifs is 1. The van der Waals surface area contributed by atoms with Crippen molar-refractivity contribution < 1.29 is 0 Å². The lowest BCUT2D eigenvalue weighted by Crippen LogP contribution is -1.98. The first kappa shape index (κ1) is 37.6. The molecule has 0 aliphatic heterocycles. The molecule has 0 N–H and O–H groups in total. The maximum absolute atomic E-state index is 9.60. The smallest absolute Gasteiger partial charge is 0.160 e. The van der Waals surface area contributed by atoms with Gasteiger partial charge in [0.1, 0.15) is 0 Å². The minimum absolute atomic E-state index is 0.606. The molecule has 10 rings (SSSR count). The lowest BCUT2D eigenvalue weighted by atomic mass is 9.91. The third kappa shape index (κ3) is 7.53. The molecule has 4 heteroatoms. The van der Waals surface area contributed by atoms with E-state index in [2.05, 4.69) is 170 Å². The van der Waals surface area contributed by atoms with Gasteiger partial charge in [-0.25, -0.2) is 9.97 Å². The van der Waals surface area contributed by atoms with Gasteiger partial charge in [-0.2, -0.15) is 10.5 Å². The molecule has 1 aromatic heterocycles. The van der Waals surface area contributed by atoms with Crippen molar-refractivity contribution in [2.75, 3.05) is 0 Å². The highest BCUT2D eigenvalue weighted by atomic mass is 14.9. The van der Waals surface area contributed by atoms with Crippen LogP contribution >= 0.6 is 0 Å². The van der Waals surface area contributed by atoms with Gasteiger partial charge in [-0.1, -0.05) is 170 Å². The molecule has 0 saturated carbocycles. The van der Waals surface area contributed by atoms with Crippen molar-refractivity contribution in [2.24, 2.45) is 0 Å². The van der Waals surface area contributed by atoms with Crippen molar-refractivity contribution in [3.8, 4) is 102 Å². The Kier molecular flexibility index (Phi) is 10.0. The quantitative estimate of drug-likeness (QED) is 0.154. The summed E-state index contributed by atoms with van der Waals surface area (Å²) in [7, 11) is 0. The topological polar surface area (TPSA) is 73.4 Å². The van der Waals surface area contributed by atoms with Gasteiger partial charge < -0.3 is 0 Å². The molecule has 4 nitrogen and oxygen atoms in total. The van der Waals surface area contributed by atoms with Crippen molar-refractivity contribution in [3.63, 3.8) is 0 Å². The second-order valence-corrected chi connectivity index (χ2v) is 15.2. The number of aromatic nitrogens is 2. The summed E-state index contributed by atoms with van der Waals surface area (Å²) < 4.78 is 0. The standard InChI is InChI=1S/C58H36N4/c59-37-39-11-7-17-47(31-39)43-23-27-45(28-24-43)56-55-36-53(51-21-9-19-49(33-51)41-13-3-1-4-14-41)35-54(52-22-10-20-50(34-52)42-15-5-2-6-16-42)57(55)62-58(61-56)46-29-25-44(26-30-46)48-18-8-12-40(32-48)38-60/h1-36H. The van der Waals surface area contributed by atoms with Crippen molar-refractivity contribution >= 4 is 10.9 Å². The van der Waals surface area contributed by atoms with E-state index < -0.39 is 0 Å². The molecule has 288 valence electrons. The molecule has 0 aliphatic carbocycles. The van der Waals surface area contributed by atoms with Gasteiger partial charge in [0.05, 0.1) is 34.5 Å². The first-order valence-corrected chi connectivity index (χ1v) is 20.5. The summed E-state index contributed by atoms with van der Waals surface area (Å²) in [5.41, 5.74) is 17.4. The fourth-order valence-corrected chi connectivity index (χ4v) is 8.14. The number of benzene rings is 9. The number of nitriles is 2. The van der Waals surface area contributed by atoms with Crippen LogP contribution in [0.3, 0.4) is 0 Å².